The van der Waals surface area contributed by atoms with Gasteiger partial charge in [0, 0.05) is 17.8 Å². The van der Waals surface area contributed by atoms with Gasteiger partial charge in [-0.1, -0.05) is 19.8 Å². The van der Waals surface area contributed by atoms with Crippen molar-refractivity contribution in [3.05, 3.63) is 24.3 Å². The number of hydrogen-bond donors (Lipinski definition) is 3. The largest absolute Gasteiger partial charge is 0.325 e. The Morgan fingerprint density at radius 2 is 1.83 bits per heavy atom. The average molecular weight is 353 g/mol. The van der Waals surface area contributed by atoms with Crippen molar-refractivity contribution in [2.45, 2.75) is 62.9 Å². The fourth-order valence-corrected chi connectivity index (χ4v) is 4.03. The van der Waals surface area contributed by atoms with Crippen molar-refractivity contribution >= 4 is 21.6 Å². The Morgan fingerprint density at radius 3 is 2.42 bits per heavy atom. The van der Waals surface area contributed by atoms with Crippen LogP contribution < -0.4 is 15.4 Å². The SMILES string of the molecule is CC[C@@H](C)NS(=O)(=O)c1ccc(NC(=O)CNC2CCCC2)cc1. The van der Waals surface area contributed by atoms with E-state index in [9.17, 15) is 13.2 Å². The van der Waals surface area contributed by atoms with Gasteiger partial charge in [-0.3, -0.25) is 4.79 Å². The molecular weight excluding hydrogens is 326 g/mol. The maximum Gasteiger partial charge on any atom is 0.240 e. The maximum absolute atomic E-state index is 12.2. The lowest BCUT2D eigenvalue weighted by atomic mass is 10.2. The summed E-state index contributed by atoms with van der Waals surface area (Å²) in [5.41, 5.74) is 0.593. The van der Waals surface area contributed by atoms with E-state index >= 15 is 0 Å². The summed E-state index contributed by atoms with van der Waals surface area (Å²) in [5.74, 6) is -0.116. The van der Waals surface area contributed by atoms with Crippen LogP contribution in [0.3, 0.4) is 0 Å². The normalized spacial score (nSPS) is 16.9. The van der Waals surface area contributed by atoms with E-state index in [0.717, 1.165) is 19.3 Å². The molecule has 0 aromatic heterocycles. The molecule has 1 atom stereocenters. The molecule has 0 radical (unpaired) electrons. The number of benzene rings is 1. The second-order valence-corrected chi connectivity index (χ2v) is 8.08. The van der Waals surface area contributed by atoms with Gasteiger partial charge in [-0.2, -0.15) is 0 Å². The molecular formula is C17H27N3O3S. The van der Waals surface area contributed by atoms with Crippen LogP contribution in [0.2, 0.25) is 0 Å². The molecule has 0 heterocycles. The summed E-state index contributed by atoms with van der Waals surface area (Å²) in [7, 11) is -3.51. The molecule has 7 heteroatoms. The van der Waals surface area contributed by atoms with E-state index in [0.29, 0.717) is 11.7 Å². The lowest BCUT2D eigenvalue weighted by Gasteiger charge is -2.13. The van der Waals surface area contributed by atoms with Gasteiger partial charge in [0.15, 0.2) is 0 Å². The third kappa shape index (κ3) is 5.58. The van der Waals surface area contributed by atoms with Gasteiger partial charge >= 0.3 is 0 Å². The second-order valence-electron chi connectivity index (χ2n) is 6.37. The van der Waals surface area contributed by atoms with Crippen LogP contribution in [-0.4, -0.2) is 33.0 Å². The summed E-state index contributed by atoms with van der Waals surface area (Å²) in [4.78, 5) is 12.1. The molecule has 1 amide bonds. The van der Waals surface area contributed by atoms with Gasteiger partial charge in [-0.25, -0.2) is 13.1 Å². The molecule has 2 rings (SSSR count). The minimum absolute atomic E-state index is 0.115. The van der Waals surface area contributed by atoms with Crippen LogP contribution in [0, 0.1) is 0 Å². The van der Waals surface area contributed by atoms with Crippen molar-refractivity contribution in [2.75, 3.05) is 11.9 Å². The maximum atomic E-state index is 12.2. The van der Waals surface area contributed by atoms with Crippen molar-refractivity contribution in [1.29, 1.82) is 0 Å². The van der Waals surface area contributed by atoms with Gasteiger partial charge in [0.05, 0.1) is 11.4 Å². The summed E-state index contributed by atoms with van der Waals surface area (Å²) in [6, 6.07) is 6.55. The van der Waals surface area contributed by atoms with Crippen LogP contribution in [0.25, 0.3) is 0 Å². The second kappa shape index (κ2) is 8.60. The number of hydrogen-bond acceptors (Lipinski definition) is 4. The molecule has 134 valence electrons. The fraction of sp³-hybridized carbons (Fsp3) is 0.588. The summed E-state index contributed by atoms with van der Waals surface area (Å²) in [5, 5.41) is 6.03. The summed E-state index contributed by atoms with van der Waals surface area (Å²) in [6.07, 6.45) is 5.42. The molecule has 0 spiro atoms. The van der Waals surface area contributed by atoms with Crippen molar-refractivity contribution < 1.29 is 13.2 Å². The minimum Gasteiger partial charge on any atom is -0.325 e. The molecule has 1 saturated carbocycles. The Labute approximate surface area is 144 Å². The van der Waals surface area contributed by atoms with E-state index in [4.69, 9.17) is 0 Å². The van der Waals surface area contributed by atoms with Gasteiger partial charge < -0.3 is 10.6 Å². The molecule has 0 saturated heterocycles. The number of carbonyl (C=O) groups excluding carboxylic acids is 1. The lowest BCUT2D eigenvalue weighted by molar-refractivity contribution is -0.115. The zero-order chi connectivity index (χ0) is 17.6. The van der Waals surface area contributed by atoms with Crippen LogP contribution in [0.15, 0.2) is 29.2 Å². The van der Waals surface area contributed by atoms with Crippen LogP contribution in [-0.2, 0) is 14.8 Å². The first-order valence-electron chi connectivity index (χ1n) is 8.56. The Morgan fingerprint density at radius 1 is 1.21 bits per heavy atom. The highest BCUT2D eigenvalue weighted by Gasteiger charge is 2.17. The Hall–Kier alpha value is -1.44. The standard InChI is InChI=1S/C17H27N3O3S/c1-3-13(2)20-24(22,23)16-10-8-15(9-11-16)19-17(21)12-18-14-6-4-5-7-14/h8-11,13-14,18,20H,3-7,12H2,1-2H3,(H,19,21)/t13-/m1/s1. The zero-order valence-electron chi connectivity index (χ0n) is 14.3. The third-order valence-electron chi connectivity index (χ3n) is 4.32. The Kier molecular flexibility index (Phi) is 6.77. The van der Waals surface area contributed by atoms with Crippen molar-refractivity contribution in [3.63, 3.8) is 0 Å². The molecule has 3 N–H and O–H groups in total. The van der Waals surface area contributed by atoms with Crippen molar-refractivity contribution in [2.24, 2.45) is 0 Å². The molecule has 1 aliphatic rings. The molecule has 1 aliphatic carbocycles. The topological polar surface area (TPSA) is 87.3 Å². The number of sulfonamides is 1. The van der Waals surface area contributed by atoms with Crippen LogP contribution >= 0.6 is 0 Å². The highest BCUT2D eigenvalue weighted by Crippen LogP contribution is 2.17. The molecule has 6 nitrogen and oxygen atoms in total. The Balaban J connectivity index is 1.88. The van der Waals surface area contributed by atoms with Gasteiger partial charge in [0.25, 0.3) is 0 Å². The first-order valence-corrected chi connectivity index (χ1v) is 10.0. The number of carbonyl (C=O) groups is 1. The molecule has 0 bridgehead atoms. The van der Waals surface area contributed by atoms with E-state index in [1.165, 1.54) is 25.0 Å². The quantitative estimate of drug-likeness (QED) is 0.669. The van der Waals surface area contributed by atoms with E-state index in [1.54, 1.807) is 12.1 Å². The van der Waals surface area contributed by atoms with Gasteiger partial charge in [-0.15, -0.1) is 0 Å². The summed E-state index contributed by atoms with van der Waals surface area (Å²) < 4.78 is 27.0. The smallest absolute Gasteiger partial charge is 0.240 e. The first-order chi connectivity index (χ1) is 11.4. The summed E-state index contributed by atoms with van der Waals surface area (Å²) >= 11 is 0. The zero-order valence-corrected chi connectivity index (χ0v) is 15.2. The molecule has 24 heavy (non-hydrogen) atoms. The average Bonchev–Trinajstić information content (AvgIpc) is 3.06. The predicted octanol–water partition coefficient (Wildman–Crippen LogP) is 2.23. The van der Waals surface area contributed by atoms with Gasteiger partial charge in [0.1, 0.15) is 0 Å². The molecule has 0 unspecified atom stereocenters. The predicted molar refractivity (Wildman–Crippen MR) is 95.4 cm³/mol. The molecule has 1 aromatic carbocycles. The first kappa shape index (κ1) is 18.9. The lowest BCUT2D eigenvalue weighted by Crippen LogP contribution is -2.34. The molecule has 1 fully saturated rings. The van der Waals surface area contributed by atoms with Gasteiger partial charge in [0.2, 0.25) is 15.9 Å². The Bertz CT molecular complexity index is 638. The third-order valence-corrected chi connectivity index (χ3v) is 5.93. The van der Waals surface area contributed by atoms with E-state index in [-0.39, 0.29) is 23.4 Å². The molecule has 1 aromatic rings. The van der Waals surface area contributed by atoms with Crippen LogP contribution in [0.4, 0.5) is 5.69 Å². The van der Waals surface area contributed by atoms with Crippen LogP contribution in [0.5, 0.6) is 0 Å². The van der Waals surface area contributed by atoms with Gasteiger partial charge in [-0.05, 0) is 50.5 Å². The van der Waals surface area contributed by atoms with Crippen molar-refractivity contribution in [1.82, 2.24) is 10.0 Å². The van der Waals surface area contributed by atoms with E-state index in [1.807, 2.05) is 13.8 Å². The minimum atomic E-state index is -3.51. The van der Waals surface area contributed by atoms with E-state index in [2.05, 4.69) is 15.4 Å². The van der Waals surface area contributed by atoms with E-state index < -0.39 is 10.0 Å². The monoisotopic (exact) mass is 353 g/mol. The number of rotatable bonds is 8. The highest BCUT2D eigenvalue weighted by atomic mass is 32.2. The fourth-order valence-electron chi connectivity index (χ4n) is 2.71. The number of anilines is 1. The number of nitrogens with one attached hydrogen (secondary N) is 3. The highest BCUT2D eigenvalue weighted by molar-refractivity contribution is 7.89. The number of amides is 1. The molecule has 0 aliphatic heterocycles. The van der Waals surface area contributed by atoms with Crippen molar-refractivity contribution in [3.8, 4) is 0 Å². The van der Waals surface area contributed by atoms with Crippen LogP contribution in [0.1, 0.15) is 46.0 Å². The summed E-state index contributed by atoms with van der Waals surface area (Å²) in [6.45, 7) is 4.02.